The van der Waals surface area contributed by atoms with Gasteiger partial charge in [0.25, 0.3) is 0 Å². The van der Waals surface area contributed by atoms with E-state index in [2.05, 4.69) is 6.07 Å². The highest BCUT2D eigenvalue weighted by atomic mass is 16.5. The first-order chi connectivity index (χ1) is 19.0. The van der Waals surface area contributed by atoms with Crippen molar-refractivity contribution < 1.29 is 33.6 Å². The fraction of sp³-hybridized carbons (Fsp3) is 0.548. The number of aliphatic hydroxyl groups is 1. The van der Waals surface area contributed by atoms with Gasteiger partial charge in [0.15, 0.2) is 23.0 Å². The molecule has 2 aromatic rings. The molecule has 1 N–H and O–H groups in total. The molecule has 0 bridgehead atoms. The number of aliphatic hydroxyl groups excluding tert-OH is 1. The number of likely N-dealkylation sites (N-methyl/N-ethyl adjacent to an activating group) is 1. The Hall–Kier alpha value is -3.48. The van der Waals surface area contributed by atoms with Gasteiger partial charge in [0.1, 0.15) is 0 Å². The topological polar surface area (TPSA) is 110 Å². The Morgan fingerprint density at radius 1 is 0.950 bits per heavy atom. The van der Waals surface area contributed by atoms with E-state index >= 15 is 0 Å². The summed E-state index contributed by atoms with van der Waals surface area (Å²) in [5.41, 5.74) is 1.00. The Labute approximate surface area is 238 Å². The standard InChI is InChI=1S/C31H44N2O7/c1-20(2)31(19-32,23-10-11-26(36-6)28(15-23)38-8)17-24(34)18-33(5)13-12-22-14-27(37-7)29(39-9)16-25(22)30(35)40-21(3)4/h10-11,14-16,20-21,24,34H,12-13,17-18H2,1-9H3. The van der Waals surface area contributed by atoms with Gasteiger partial charge in [-0.1, -0.05) is 19.9 Å². The van der Waals surface area contributed by atoms with E-state index in [0.29, 0.717) is 48.1 Å². The van der Waals surface area contributed by atoms with Crippen LogP contribution in [0, 0.1) is 17.2 Å². The number of hydrogen-bond donors (Lipinski definition) is 1. The first kappa shape index (κ1) is 32.7. The highest BCUT2D eigenvalue weighted by Gasteiger charge is 2.39. The van der Waals surface area contributed by atoms with E-state index in [1.54, 1.807) is 53.4 Å². The summed E-state index contributed by atoms with van der Waals surface area (Å²) in [4.78, 5) is 14.8. The van der Waals surface area contributed by atoms with E-state index in [9.17, 15) is 15.2 Å². The minimum atomic E-state index is -0.934. The zero-order valence-corrected chi connectivity index (χ0v) is 25.2. The Morgan fingerprint density at radius 3 is 2.05 bits per heavy atom. The summed E-state index contributed by atoms with van der Waals surface area (Å²) in [5, 5.41) is 21.5. The van der Waals surface area contributed by atoms with Crippen molar-refractivity contribution >= 4 is 5.97 Å². The molecular formula is C31H44N2O7. The van der Waals surface area contributed by atoms with Crippen LogP contribution in [-0.4, -0.2) is 76.8 Å². The lowest BCUT2D eigenvalue weighted by Gasteiger charge is -2.34. The number of ether oxygens (including phenoxy) is 5. The highest BCUT2D eigenvalue weighted by Crippen LogP contribution is 2.40. The van der Waals surface area contributed by atoms with Gasteiger partial charge in [0.05, 0.1) is 57.7 Å². The van der Waals surface area contributed by atoms with Crippen LogP contribution in [0.5, 0.6) is 23.0 Å². The van der Waals surface area contributed by atoms with Crippen molar-refractivity contribution in [3.05, 3.63) is 47.0 Å². The molecule has 9 nitrogen and oxygen atoms in total. The summed E-state index contributed by atoms with van der Waals surface area (Å²) >= 11 is 0. The van der Waals surface area contributed by atoms with Crippen LogP contribution in [0.4, 0.5) is 0 Å². The van der Waals surface area contributed by atoms with Crippen LogP contribution in [0.1, 0.15) is 55.6 Å². The second-order valence-corrected chi connectivity index (χ2v) is 10.5. The number of rotatable bonds is 15. The lowest BCUT2D eigenvalue weighted by molar-refractivity contribution is 0.0375. The SMILES string of the molecule is COc1ccc(C(C#N)(CC(O)CN(C)CCc2cc(OC)c(OC)cc2C(=O)OC(C)C)C(C)C)cc1OC. The van der Waals surface area contributed by atoms with Gasteiger partial charge < -0.3 is 33.7 Å². The van der Waals surface area contributed by atoms with E-state index in [4.69, 9.17) is 23.7 Å². The number of nitriles is 1. The predicted molar refractivity (Wildman–Crippen MR) is 154 cm³/mol. The molecule has 40 heavy (non-hydrogen) atoms. The monoisotopic (exact) mass is 556 g/mol. The van der Waals surface area contributed by atoms with E-state index in [-0.39, 0.29) is 18.4 Å². The van der Waals surface area contributed by atoms with Crippen molar-refractivity contribution in [2.75, 3.05) is 48.6 Å². The number of methoxy groups -OCH3 is 4. The molecule has 0 amide bonds. The molecule has 0 heterocycles. The summed E-state index contributed by atoms with van der Waals surface area (Å²) in [5.74, 6) is 1.58. The molecule has 0 aliphatic rings. The maximum atomic E-state index is 12.8. The third kappa shape index (κ3) is 7.80. The molecule has 2 atom stereocenters. The van der Waals surface area contributed by atoms with Crippen molar-refractivity contribution in [1.82, 2.24) is 4.90 Å². The number of nitrogens with zero attached hydrogens (tertiary/aromatic N) is 2. The quantitative estimate of drug-likeness (QED) is 0.314. The van der Waals surface area contributed by atoms with Crippen molar-refractivity contribution in [3.8, 4) is 29.1 Å². The summed E-state index contributed by atoms with van der Waals surface area (Å²) in [6.07, 6.45) is -0.298. The summed E-state index contributed by atoms with van der Waals surface area (Å²) < 4.78 is 27.1. The lowest BCUT2D eigenvalue weighted by atomic mass is 9.69. The minimum Gasteiger partial charge on any atom is -0.493 e. The minimum absolute atomic E-state index is 0.0724. The molecule has 0 aromatic heterocycles. The molecule has 0 aliphatic carbocycles. The number of hydrogen-bond acceptors (Lipinski definition) is 9. The fourth-order valence-corrected chi connectivity index (χ4v) is 4.83. The molecule has 2 rings (SSSR count). The highest BCUT2D eigenvalue weighted by molar-refractivity contribution is 5.92. The maximum Gasteiger partial charge on any atom is 0.338 e. The maximum absolute atomic E-state index is 12.8. The molecule has 0 fully saturated rings. The van der Waals surface area contributed by atoms with Gasteiger partial charge in [0, 0.05) is 13.1 Å². The second kappa shape index (κ2) is 14.8. The Bertz CT molecular complexity index is 1180. The average molecular weight is 557 g/mol. The van der Waals surface area contributed by atoms with Crippen molar-refractivity contribution in [3.63, 3.8) is 0 Å². The van der Waals surface area contributed by atoms with E-state index in [1.807, 2.05) is 37.9 Å². The van der Waals surface area contributed by atoms with Gasteiger partial charge in [-0.25, -0.2) is 4.79 Å². The lowest BCUT2D eigenvalue weighted by Crippen LogP contribution is -2.39. The zero-order valence-electron chi connectivity index (χ0n) is 25.2. The first-order valence-electron chi connectivity index (χ1n) is 13.4. The van der Waals surface area contributed by atoms with Crippen LogP contribution in [0.15, 0.2) is 30.3 Å². The van der Waals surface area contributed by atoms with E-state index < -0.39 is 17.5 Å². The van der Waals surface area contributed by atoms with Gasteiger partial charge in [-0.15, -0.1) is 0 Å². The molecule has 220 valence electrons. The van der Waals surface area contributed by atoms with Crippen LogP contribution in [-0.2, 0) is 16.6 Å². The van der Waals surface area contributed by atoms with Crippen molar-refractivity contribution in [1.29, 1.82) is 5.26 Å². The molecule has 2 aromatic carbocycles. The molecule has 2 unspecified atom stereocenters. The van der Waals surface area contributed by atoms with Crippen LogP contribution >= 0.6 is 0 Å². The van der Waals surface area contributed by atoms with Crippen LogP contribution < -0.4 is 18.9 Å². The molecule has 0 spiro atoms. The largest absolute Gasteiger partial charge is 0.493 e. The molecule has 9 heteroatoms. The van der Waals surface area contributed by atoms with Crippen LogP contribution in [0.2, 0.25) is 0 Å². The summed E-state index contributed by atoms with van der Waals surface area (Å²) in [6.45, 7) is 8.44. The third-order valence-corrected chi connectivity index (χ3v) is 7.10. The van der Waals surface area contributed by atoms with Gasteiger partial charge in [-0.2, -0.15) is 5.26 Å². The van der Waals surface area contributed by atoms with Gasteiger partial charge in [-0.05, 0) is 75.0 Å². The first-order valence-corrected chi connectivity index (χ1v) is 13.4. The number of benzene rings is 2. The van der Waals surface area contributed by atoms with E-state index in [0.717, 1.165) is 11.1 Å². The van der Waals surface area contributed by atoms with Crippen molar-refractivity contribution in [2.45, 2.75) is 58.2 Å². The normalized spacial score (nSPS) is 13.5. The molecule has 0 aliphatic heterocycles. The number of carbonyl (C=O) groups excluding carboxylic acids is 1. The summed E-state index contributed by atoms with van der Waals surface area (Å²) in [7, 11) is 8.09. The Morgan fingerprint density at radius 2 is 1.52 bits per heavy atom. The second-order valence-electron chi connectivity index (χ2n) is 10.5. The molecular weight excluding hydrogens is 512 g/mol. The van der Waals surface area contributed by atoms with Gasteiger partial charge in [-0.3, -0.25) is 0 Å². The predicted octanol–water partition coefficient (Wildman–Crippen LogP) is 4.63. The van der Waals surface area contributed by atoms with Gasteiger partial charge in [0.2, 0.25) is 0 Å². The summed E-state index contributed by atoms with van der Waals surface area (Å²) in [6, 6.07) is 11.4. The number of carbonyl (C=O) groups is 1. The molecule has 0 radical (unpaired) electrons. The Kier molecular flexibility index (Phi) is 12.1. The van der Waals surface area contributed by atoms with Gasteiger partial charge >= 0.3 is 5.97 Å². The molecule has 0 saturated carbocycles. The van der Waals surface area contributed by atoms with Crippen LogP contribution in [0.3, 0.4) is 0 Å². The van der Waals surface area contributed by atoms with Crippen LogP contribution in [0.25, 0.3) is 0 Å². The Balaban J connectivity index is 2.22. The molecule has 0 saturated heterocycles. The zero-order chi connectivity index (χ0) is 30.0. The third-order valence-electron chi connectivity index (χ3n) is 7.10. The smallest absolute Gasteiger partial charge is 0.338 e. The van der Waals surface area contributed by atoms with Crippen molar-refractivity contribution in [2.24, 2.45) is 5.92 Å². The fourth-order valence-electron chi connectivity index (χ4n) is 4.83. The van der Waals surface area contributed by atoms with E-state index in [1.165, 1.54) is 7.11 Å². The number of esters is 1. The average Bonchev–Trinajstić information content (AvgIpc) is 2.93.